The Balaban J connectivity index is 1.80. The van der Waals surface area contributed by atoms with Gasteiger partial charge in [-0.05, 0) is 30.7 Å². The summed E-state index contributed by atoms with van der Waals surface area (Å²) >= 11 is 7.32. The lowest BCUT2D eigenvalue weighted by Gasteiger charge is -2.15. The van der Waals surface area contributed by atoms with Gasteiger partial charge in [0.15, 0.2) is 0 Å². The molecule has 0 aromatic heterocycles. The third-order valence-corrected chi connectivity index (χ3v) is 4.32. The highest BCUT2D eigenvalue weighted by molar-refractivity contribution is 8.00. The van der Waals surface area contributed by atoms with Crippen molar-refractivity contribution in [2.45, 2.75) is 11.3 Å². The average Bonchev–Trinajstić information content (AvgIpc) is 2.86. The molecule has 1 fully saturated rings. The number of rotatable bonds is 4. The molecular weight excluding hydrogens is 270 g/mol. The zero-order chi connectivity index (χ0) is 13.0. The molecule has 5 heteroatoms. The normalized spacial score (nSPS) is 19.2. The van der Waals surface area contributed by atoms with Crippen molar-refractivity contribution in [1.82, 2.24) is 4.90 Å². The van der Waals surface area contributed by atoms with E-state index in [0.717, 1.165) is 17.9 Å². The van der Waals surface area contributed by atoms with E-state index in [1.54, 1.807) is 0 Å². The van der Waals surface area contributed by atoms with Gasteiger partial charge in [-0.25, -0.2) is 0 Å². The summed E-state index contributed by atoms with van der Waals surface area (Å²) in [5, 5.41) is 9.75. The molecule has 1 N–H and O–H groups in total. The summed E-state index contributed by atoms with van der Waals surface area (Å²) in [6.07, 6.45) is 0.911. The summed E-state index contributed by atoms with van der Waals surface area (Å²) < 4.78 is 0. The SMILES string of the molecule is O=C(CSc1ccc(Cl)cc1)N1CCC(CO)C1. The van der Waals surface area contributed by atoms with Crippen LogP contribution in [-0.2, 0) is 4.79 Å². The fraction of sp³-hybridized carbons (Fsp3) is 0.462. The fourth-order valence-electron chi connectivity index (χ4n) is 1.98. The van der Waals surface area contributed by atoms with E-state index >= 15 is 0 Å². The van der Waals surface area contributed by atoms with Crippen LogP contribution < -0.4 is 0 Å². The predicted molar refractivity (Wildman–Crippen MR) is 73.9 cm³/mol. The van der Waals surface area contributed by atoms with Gasteiger partial charge in [0.25, 0.3) is 0 Å². The van der Waals surface area contributed by atoms with Gasteiger partial charge in [0.2, 0.25) is 5.91 Å². The van der Waals surface area contributed by atoms with Crippen LogP contribution in [0.5, 0.6) is 0 Å². The number of carbonyl (C=O) groups is 1. The predicted octanol–water partition coefficient (Wildman–Crippen LogP) is 2.27. The number of halogens is 1. The molecule has 18 heavy (non-hydrogen) atoms. The monoisotopic (exact) mass is 285 g/mol. The molecule has 0 bridgehead atoms. The number of hydrogen-bond donors (Lipinski definition) is 1. The molecule has 3 nitrogen and oxygen atoms in total. The van der Waals surface area contributed by atoms with Crippen molar-refractivity contribution in [3.63, 3.8) is 0 Å². The number of thioether (sulfide) groups is 1. The molecule has 1 aromatic carbocycles. The van der Waals surface area contributed by atoms with Crippen LogP contribution in [-0.4, -0.2) is 41.4 Å². The van der Waals surface area contributed by atoms with E-state index < -0.39 is 0 Å². The number of amides is 1. The van der Waals surface area contributed by atoms with Crippen LogP contribution in [0.3, 0.4) is 0 Å². The Morgan fingerprint density at radius 2 is 2.17 bits per heavy atom. The van der Waals surface area contributed by atoms with Gasteiger partial charge in [0, 0.05) is 35.5 Å². The quantitative estimate of drug-likeness (QED) is 0.863. The molecule has 1 amide bonds. The molecule has 1 aromatic rings. The number of aliphatic hydroxyl groups excluding tert-OH is 1. The number of aliphatic hydroxyl groups is 1. The van der Waals surface area contributed by atoms with Crippen molar-refractivity contribution >= 4 is 29.3 Å². The first-order chi connectivity index (χ1) is 8.69. The third-order valence-electron chi connectivity index (χ3n) is 3.07. The largest absolute Gasteiger partial charge is 0.396 e. The summed E-state index contributed by atoms with van der Waals surface area (Å²) in [7, 11) is 0. The molecule has 1 heterocycles. The molecule has 0 aliphatic carbocycles. The fourth-order valence-corrected chi connectivity index (χ4v) is 2.90. The van der Waals surface area contributed by atoms with Gasteiger partial charge in [-0.2, -0.15) is 0 Å². The van der Waals surface area contributed by atoms with E-state index in [4.69, 9.17) is 16.7 Å². The molecule has 0 spiro atoms. The maximum Gasteiger partial charge on any atom is 0.232 e. The maximum absolute atomic E-state index is 11.9. The van der Waals surface area contributed by atoms with Crippen LogP contribution in [0.2, 0.25) is 5.02 Å². The highest BCUT2D eigenvalue weighted by atomic mass is 35.5. The molecule has 98 valence electrons. The van der Waals surface area contributed by atoms with E-state index in [9.17, 15) is 4.79 Å². The van der Waals surface area contributed by atoms with Gasteiger partial charge in [-0.15, -0.1) is 11.8 Å². The first kappa shape index (κ1) is 13.7. The van der Waals surface area contributed by atoms with Crippen molar-refractivity contribution < 1.29 is 9.90 Å². The third kappa shape index (κ3) is 3.64. The van der Waals surface area contributed by atoms with Crippen molar-refractivity contribution in [3.05, 3.63) is 29.3 Å². The van der Waals surface area contributed by atoms with Crippen LogP contribution in [0.4, 0.5) is 0 Å². The van der Waals surface area contributed by atoms with Crippen LogP contribution >= 0.6 is 23.4 Å². The van der Waals surface area contributed by atoms with Gasteiger partial charge in [-0.1, -0.05) is 11.6 Å². The van der Waals surface area contributed by atoms with Gasteiger partial charge in [0.1, 0.15) is 0 Å². The zero-order valence-corrected chi connectivity index (χ0v) is 11.6. The number of hydrogen-bond acceptors (Lipinski definition) is 3. The summed E-state index contributed by atoms with van der Waals surface area (Å²) in [5.74, 6) is 0.847. The average molecular weight is 286 g/mol. The minimum Gasteiger partial charge on any atom is -0.396 e. The van der Waals surface area contributed by atoms with E-state index in [1.807, 2.05) is 29.2 Å². The summed E-state index contributed by atoms with van der Waals surface area (Å²) in [6.45, 7) is 1.63. The lowest BCUT2D eigenvalue weighted by Crippen LogP contribution is -2.30. The van der Waals surface area contributed by atoms with E-state index in [2.05, 4.69) is 0 Å². The molecule has 1 saturated heterocycles. The van der Waals surface area contributed by atoms with Gasteiger partial charge >= 0.3 is 0 Å². The highest BCUT2D eigenvalue weighted by Gasteiger charge is 2.25. The van der Waals surface area contributed by atoms with Gasteiger partial charge in [0.05, 0.1) is 5.75 Å². The summed E-state index contributed by atoms with van der Waals surface area (Å²) in [4.78, 5) is 14.8. The Morgan fingerprint density at radius 3 is 2.78 bits per heavy atom. The topological polar surface area (TPSA) is 40.5 Å². The number of nitrogens with zero attached hydrogens (tertiary/aromatic N) is 1. The van der Waals surface area contributed by atoms with Crippen molar-refractivity contribution in [1.29, 1.82) is 0 Å². The zero-order valence-electron chi connectivity index (χ0n) is 10.0. The number of carbonyl (C=O) groups excluding carboxylic acids is 1. The minimum absolute atomic E-state index is 0.144. The summed E-state index contributed by atoms with van der Waals surface area (Å²) in [5.41, 5.74) is 0. The standard InChI is InChI=1S/C13H16ClNO2S/c14-11-1-3-12(4-2-11)18-9-13(17)15-6-5-10(7-15)8-16/h1-4,10,16H,5-9H2. The van der Waals surface area contributed by atoms with Crippen molar-refractivity contribution in [2.75, 3.05) is 25.4 Å². The van der Waals surface area contributed by atoms with Crippen LogP contribution in [0.1, 0.15) is 6.42 Å². The maximum atomic E-state index is 11.9. The minimum atomic E-state index is 0.144. The first-order valence-corrected chi connectivity index (χ1v) is 7.32. The summed E-state index contributed by atoms with van der Waals surface area (Å²) in [6, 6.07) is 7.49. The van der Waals surface area contributed by atoms with E-state index in [1.165, 1.54) is 11.8 Å². The van der Waals surface area contributed by atoms with E-state index in [0.29, 0.717) is 17.3 Å². The van der Waals surface area contributed by atoms with Gasteiger partial charge < -0.3 is 10.0 Å². The molecule has 2 rings (SSSR count). The Bertz CT molecular complexity index is 410. The van der Waals surface area contributed by atoms with Crippen LogP contribution in [0.15, 0.2) is 29.2 Å². The molecular formula is C13H16ClNO2S. The molecule has 1 aliphatic heterocycles. The Hall–Kier alpha value is -0.710. The Kier molecular flexibility index (Phi) is 4.92. The Labute approximate surface area is 116 Å². The van der Waals surface area contributed by atoms with Gasteiger partial charge in [-0.3, -0.25) is 4.79 Å². The van der Waals surface area contributed by atoms with E-state index in [-0.39, 0.29) is 18.4 Å². The molecule has 1 unspecified atom stereocenters. The second-order valence-electron chi connectivity index (χ2n) is 4.42. The van der Waals surface area contributed by atoms with Crippen molar-refractivity contribution in [3.8, 4) is 0 Å². The molecule has 1 atom stereocenters. The lowest BCUT2D eigenvalue weighted by molar-refractivity contribution is -0.127. The smallest absolute Gasteiger partial charge is 0.232 e. The van der Waals surface area contributed by atoms with Crippen LogP contribution in [0.25, 0.3) is 0 Å². The number of likely N-dealkylation sites (tertiary alicyclic amines) is 1. The lowest BCUT2D eigenvalue weighted by atomic mass is 10.1. The second kappa shape index (κ2) is 6.45. The second-order valence-corrected chi connectivity index (χ2v) is 5.90. The van der Waals surface area contributed by atoms with Crippen molar-refractivity contribution in [2.24, 2.45) is 5.92 Å². The highest BCUT2D eigenvalue weighted by Crippen LogP contribution is 2.22. The molecule has 0 saturated carbocycles. The number of benzene rings is 1. The van der Waals surface area contributed by atoms with Crippen LogP contribution in [0, 0.1) is 5.92 Å². The Morgan fingerprint density at radius 1 is 1.44 bits per heavy atom. The molecule has 0 radical (unpaired) electrons. The first-order valence-electron chi connectivity index (χ1n) is 5.96. The molecule has 1 aliphatic rings.